The Morgan fingerprint density at radius 3 is 2.52 bits per heavy atom. The second kappa shape index (κ2) is 7.42. The molecule has 0 atom stereocenters. The maximum Gasteiger partial charge on any atom is 0.231 e. The number of benzene rings is 1. The summed E-state index contributed by atoms with van der Waals surface area (Å²) < 4.78 is 12.4. The van der Waals surface area contributed by atoms with Gasteiger partial charge in [-0.1, -0.05) is 6.07 Å². The van der Waals surface area contributed by atoms with Crippen LogP contribution in [0.1, 0.15) is 5.56 Å². The van der Waals surface area contributed by atoms with Gasteiger partial charge in [0, 0.05) is 38.6 Å². The highest BCUT2D eigenvalue weighted by Gasteiger charge is 2.23. The minimum absolute atomic E-state index is 0.114. The molecule has 148 valence electrons. The lowest BCUT2D eigenvalue weighted by Crippen LogP contribution is -2.49. The topological polar surface area (TPSA) is 85.6 Å². The van der Waals surface area contributed by atoms with Gasteiger partial charge in [-0.25, -0.2) is 4.68 Å². The fourth-order valence-corrected chi connectivity index (χ4v) is 3.54. The summed E-state index contributed by atoms with van der Waals surface area (Å²) in [6.45, 7) is 3.00. The zero-order valence-corrected chi connectivity index (χ0v) is 15.8. The number of amides is 1. The van der Waals surface area contributed by atoms with Crippen LogP contribution >= 0.6 is 0 Å². The van der Waals surface area contributed by atoms with Crippen molar-refractivity contribution in [1.29, 1.82) is 0 Å². The van der Waals surface area contributed by atoms with E-state index in [1.165, 1.54) is 0 Å². The van der Waals surface area contributed by atoms with Crippen molar-refractivity contribution in [1.82, 2.24) is 24.9 Å². The van der Waals surface area contributed by atoms with Crippen LogP contribution in [0.3, 0.4) is 0 Å². The van der Waals surface area contributed by atoms with Gasteiger partial charge in [-0.05, 0) is 35.9 Å². The van der Waals surface area contributed by atoms with E-state index in [0.717, 1.165) is 30.2 Å². The highest BCUT2D eigenvalue weighted by Crippen LogP contribution is 2.32. The largest absolute Gasteiger partial charge is 0.454 e. The van der Waals surface area contributed by atoms with Crippen LogP contribution in [0, 0.1) is 0 Å². The molecule has 0 radical (unpaired) electrons. The molecule has 29 heavy (non-hydrogen) atoms. The number of hydrogen-bond acceptors (Lipinski definition) is 7. The van der Waals surface area contributed by atoms with Crippen LogP contribution in [-0.2, 0) is 11.2 Å². The molecule has 1 amide bonds. The van der Waals surface area contributed by atoms with Gasteiger partial charge in [0.2, 0.25) is 12.7 Å². The minimum atomic E-state index is 0.114. The van der Waals surface area contributed by atoms with Crippen molar-refractivity contribution < 1.29 is 14.3 Å². The van der Waals surface area contributed by atoms with Gasteiger partial charge in [0.05, 0.1) is 6.42 Å². The van der Waals surface area contributed by atoms with Crippen LogP contribution in [0.25, 0.3) is 5.82 Å². The summed E-state index contributed by atoms with van der Waals surface area (Å²) in [5.74, 6) is 3.04. The lowest BCUT2D eigenvalue weighted by atomic mass is 10.1. The Kier molecular flexibility index (Phi) is 4.47. The van der Waals surface area contributed by atoms with Crippen molar-refractivity contribution in [2.75, 3.05) is 37.9 Å². The molecule has 2 aliphatic rings. The Hall–Kier alpha value is -3.62. The first-order valence-corrected chi connectivity index (χ1v) is 9.51. The lowest BCUT2D eigenvalue weighted by Gasteiger charge is -2.35. The summed E-state index contributed by atoms with van der Waals surface area (Å²) >= 11 is 0. The summed E-state index contributed by atoms with van der Waals surface area (Å²) in [7, 11) is 0. The second-order valence-electron chi connectivity index (χ2n) is 6.93. The normalized spacial score (nSPS) is 15.6. The molecule has 1 saturated heterocycles. The molecule has 4 heterocycles. The first-order valence-electron chi connectivity index (χ1n) is 9.51. The molecule has 0 aliphatic carbocycles. The average Bonchev–Trinajstić information content (AvgIpc) is 3.46. The van der Waals surface area contributed by atoms with Crippen molar-refractivity contribution in [2.24, 2.45) is 0 Å². The van der Waals surface area contributed by atoms with E-state index in [2.05, 4.69) is 20.2 Å². The number of carbonyl (C=O) groups is 1. The van der Waals surface area contributed by atoms with Crippen LogP contribution in [-0.4, -0.2) is 63.8 Å². The molecule has 9 nitrogen and oxygen atoms in total. The Morgan fingerprint density at radius 2 is 1.76 bits per heavy atom. The molecular formula is C20H20N6O3. The molecule has 2 aliphatic heterocycles. The average molecular weight is 392 g/mol. The quantitative estimate of drug-likeness (QED) is 0.661. The SMILES string of the molecule is O=C(Cc1ccc2c(c1)OCO2)N1CCN(c2ccc(-n3cccn3)nn2)CC1. The van der Waals surface area contributed by atoms with E-state index in [4.69, 9.17) is 9.47 Å². The van der Waals surface area contributed by atoms with Gasteiger partial charge in [0.1, 0.15) is 0 Å². The van der Waals surface area contributed by atoms with Gasteiger partial charge in [-0.2, -0.15) is 5.10 Å². The molecule has 1 fully saturated rings. The number of nitrogens with zero attached hydrogens (tertiary/aromatic N) is 6. The van der Waals surface area contributed by atoms with Crippen molar-refractivity contribution in [3.8, 4) is 17.3 Å². The van der Waals surface area contributed by atoms with Crippen molar-refractivity contribution in [3.05, 3.63) is 54.4 Å². The van der Waals surface area contributed by atoms with E-state index in [0.29, 0.717) is 31.1 Å². The number of piperazine rings is 1. The van der Waals surface area contributed by atoms with Gasteiger partial charge in [0.15, 0.2) is 23.1 Å². The molecule has 0 spiro atoms. The van der Waals surface area contributed by atoms with Gasteiger partial charge < -0.3 is 19.3 Å². The molecule has 9 heteroatoms. The number of fused-ring (bicyclic) bond motifs is 1. The van der Waals surface area contributed by atoms with E-state index in [1.807, 2.05) is 47.5 Å². The first kappa shape index (κ1) is 17.5. The fourth-order valence-electron chi connectivity index (χ4n) is 3.54. The highest BCUT2D eigenvalue weighted by atomic mass is 16.7. The Morgan fingerprint density at radius 1 is 0.966 bits per heavy atom. The van der Waals surface area contributed by atoms with Crippen molar-refractivity contribution >= 4 is 11.7 Å². The molecule has 5 rings (SSSR count). The summed E-state index contributed by atoms with van der Waals surface area (Å²) in [5, 5.41) is 12.7. The maximum atomic E-state index is 12.7. The van der Waals surface area contributed by atoms with Crippen LogP contribution < -0.4 is 14.4 Å². The summed E-state index contributed by atoms with van der Waals surface area (Å²) in [4.78, 5) is 16.7. The molecule has 0 unspecified atom stereocenters. The number of carbonyl (C=O) groups excluding carboxylic acids is 1. The highest BCUT2D eigenvalue weighted by molar-refractivity contribution is 5.79. The van der Waals surface area contributed by atoms with E-state index in [9.17, 15) is 4.79 Å². The van der Waals surface area contributed by atoms with Crippen LogP contribution in [0.4, 0.5) is 5.82 Å². The molecule has 0 bridgehead atoms. The van der Waals surface area contributed by atoms with E-state index in [1.54, 1.807) is 10.9 Å². The van der Waals surface area contributed by atoms with Gasteiger partial charge >= 0.3 is 0 Å². The van der Waals surface area contributed by atoms with Gasteiger partial charge in [-0.3, -0.25) is 4.79 Å². The van der Waals surface area contributed by atoms with Crippen molar-refractivity contribution in [3.63, 3.8) is 0 Å². The first-order chi connectivity index (χ1) is 14.3. The molecule has 2 aromatic heterocycles. The smallest absolute Gasteiger partial charge is 0.231 e. The summed E-state index contributed by atoms with van der Waals surface area (Å²) in [6, 6.07) is 11.3. The van der Waals surface area contributed by atoms with Crippen LogP contribution in [0.15, 0.2) is 48.8 Å². The number of hydrogen-bond donors (Lipinski definition) is 0. The zero-order chi connectivity index (χ0) is 19.6. The van der Waals surface area contributed by atoms with Gasteiger partial charge in [-0.15, -0.1) is 10.2 Å². The predicted molar refractivity (Wildman–Crippen MR) is 104 cm³/mol. The monoisotopic (exact) mass is 392 g/mol. The third-order valence-electron chi connectivity index (χ3n) is 5.12. The number of anilines is 1. The van der Waals surface area contributed by atoms with Crippen molar-refractivity contribution in [2.45, 2.75) is 6.42 Å². The standard InChI is InChI=1S/C20H20N6O3/c27-20(13-15-2-3-16-17(12-15)29-14-28-16)25-10-8-24(9-11-25)18-4-5-19(23-22-18)26-7-1-6-21-26/h1-7,12H,8-11,13-14H2. The summed E-state index contributed by atoms with van der Waals surface area (Å²) in [5.41, 5.74) is 0.932. The van der Waals surface area contributed by atoms with E-state index in [-0.39, 0.29) is 12.7 Å². The van der Waals surface area contributed by atoms with Crippen LogP contribution in [0.5, 0.6) is 11.5 Å². The summed E-state index contributed by atoms with van der Waals surface area (Å²) in [6.07, 6.45) is 3.89. The van der Waals surface area contributed by atoms with Crippen LogP contribution in [0.2, 0.25) is 0 Å². The Bertz CT molecular complexity index is 998. The molecule has 1 aromatic carbocycles. The number of ether oxygens (including phenoxy) is 2. The predicted octanol–water partition coefficient (Wildman–Crippen LogP) is 1.28. The lowest BCUT2D eigenvalue weighted by molar-refractivity contribution is -0.130. The third-order valence-corrected chi connectivity index (χ3v) is 5.12. The molecular weight excluding hydrogens is 372 g/mol. The van der Waals surface area contributed by atoms with Gasteiger partial charge in [0.25, 0.3) is 0 Å². The Balaban J connectivity index is 1.17. The maximum absolute atomic E-state index is 12.7. The minimum Gasteiger partial charge on any atom is -0.454 e. The Labute approximate surface area is 167 Å². The molecule has 0 N–H and O–H groups in total. The molecule has 0 saturated carbocycles. The zero-order valence-electron chi connectivity index (χ0n) is 15.8. The third kappa shape index (κ3) is 3.58. The molecule has 3 aromatic rings. The second-order valence-corrected chi connectivity index (χ2v) is 6.93. The fraction of sp³-hybridized carbons (Fsp3) is 0.300. The van der Waals surface area contributed by atoms with E-state index < -0.39 is 0 Å². The van der Waals surface area contributed by atoms with E-state index >= 15 is 0 Å². The number of aromatic nitrogens is 4. The number of rotatable bonds is 4.